The van der Waals surface area contributed by atoms with E-state index < -0.39 is 0 Å². The van der Waals surface area contributed by atoms with Gasteiger partial charge in [0.1, 0.15) is 0 Å². The summed E-state index contributed by atoms with van der Waals surface area (Å²) in [4.78, 5) is 13.9. The molecule has 0 aliphatic carbocycles. The number of carbonyl (C=O) groups excluding carboxylic acids is 1. The Hall–Kier alpha value is -2.02. The normalized spacial score (nSPS) is 15.9. The van der Waals surface area contributed by atoms with E-state index in [1.54, 1.807) is 7.05 Å². The van der Waals surface area contributed by atoms with Gasteiger partial charge in [0, 0.05) is 31.7 Å². The van der Waals surface area contributed by atoms with Gasteiger partial charge in [-0.25, -0.2) is 0 Å². The molecule has 0 radical (unpaired) electrons. The number of nitriles is 1. The van der Waals surface area contributed by atoms with Gasteiger partial charge in [0.25, 0.3) is 0 Å². The molecule has 1 aliphatic heterocycles. The zero-order valence-corrected chi connectivity index (χ0v) is 11.4. The van der Waals surface area contributed by atoms with Gasteiger partial charge in [-0.2, -0.15) is 5.26 Å². The largest absolute Gasteiger partial charge is 0.371 e. The quantitative estimate of drug-likeness (QED) is 0.879. The number of hydrogen-bond donors (Lipinski definition) is 1. The van der Waals surface area contributed by atoms with Crippen LogP contribution in [0.15, 0.2) is 18.2 Å². The van der Waals surface area contributed by atoms with Crippen molar-refractivity contribution in [1.82, 2.24) is 5.32 Å². The lowest BCUT2D eigenvalue weighted by molar-refractivity contribution is -0.125. The highest BCUT2D eigenvalue weighted by molar-refractivity contribution is 5.78. The van der Waals surface area contributed by atoms with E-state index in [9.17, 15) is 4.79 Å². The van der Waals surface area contributed by atoms with Crippen LogP contribution < -0.4 is 10.2 Å². The second kappa shape index (κ2) is 5.75. The van der Waals surface area contributed by atoms with E-state index in [1.807, 2.05) is 19.1 Å². The molecule has 1 N–H and O–H groups in total. The van der Waals surface area contributed by atoms with Gasteiger partial charge in [-0.15, -0.1) is 0 Å². The predicted octanol–water partition coefficient (Wildman–Crippen LogP) is 1.83. The van der Waals surface area contributed by atoms with E-state index in [-0.39, 0.29) is 11.8 Å². The van der Waals surface area contributed by atoms with E-state index in [0.717, 1.165) is 42.7 Å². The summed E-state index contributed by atoms with van der Waals surface area (Å²) in [5.41, 5.74) is 2.88. The van der Waals surface area contributed by atoms with Crippen LogP contribution in [0.4, 0.5) is 5.69 Å². The van der Waals surface area contributed by atoms with Crippen LogP contribution in [0.5, 0.6) is 0 Å². The van der Waals surface area contributed by atoms with E-state index >= 15 is 0 Å². The minimum absolute atomic E-state index is 0.140. The Labute approximate surface area is 114 Å². The van der Waals surface area contributed by atoms with Crippen LogP contribution >= 0.6 is 0 Å². The van der Waals surface area contributed by atoms with Gasteiger partial charge in [0.2, 0.25) is 5.91 Å². The maximum atomic E-state index is 11.6. The third-order valence-electron chi connectivity index (χ3n) is 3.81. The zero-order valence-electron chi connectivity index (χ0n) is 11.4. The molecule has 0 atom stereocenters. The maximum Gasteiger partial charge on any atom is 0.222 e. The standard InChI is InChI=1S/C15H19N3O/c1-11-9-14(4-3-13(11)10-16)18-7-5-12(6-8-18)15(19)17-2/h3-4,9,12H,5-8H2,1-2H3,(H,17,19). The highest BCUT2D eigenvalue weighted by atomic mass is 16.1. The lowest BCUT2D eigenvalue weighted by Gasteiger charge is -2.33. The highest BCUT2D eigenvalue weighted by Gasteiger charge is 2.24. The average Bonchev–Trinajstić information content (AvgIpc) is 2.46. The van der Waals surface area contributed by atoms with E-state index in [0.29, 0.717) is 0 Å². The Morgan fingerprint density at radius 3 is 2.63 bits per heavy atom. The van der Waals surface area contributed by atoms with Gasteiger partial charge < -0.3 is 10.2 Å². The number of nitrogens with zero attached hydrogens (tertiary/aromatic N) is 2. The number of aryl methyl sites for hydroxylation is 1. The summed E-state index contributed by atoms with van der Waals surface area (Å²) in [6.45, 7) is 3.74. The number of carbonyl (C=O) groups is 1. The van der Waals surface area contributed by atoms with Crippen LogP contribution in [0.1, 0.15) is 24.0 Å². The van der Waals surface area contributed by atoms with Crippen LogP contribution in [-0.4, -0.2) is 26.0 Å². The second-order valence-corrected chi connectivity index (χ2v) is 4.99. The molecule has 0 unspecified atom stereocenters. The summed E-state index contributed by atoms with van der Waals surface area (Å²) in [5.74, 6) is 0.288. The number of hydrogen-bond acceptors (Lipinski definition) is 3. The average molecular weight is 257 g/mol. The van der Waals surface area contributed by atoms with Gasteiger partial charge >= 0.3 is 0 Å². The molecule has 0 saturated carbocycles. The highest BCUT2D eigenvalue weighted by Crippen LogP contribution is 2.25. The Balaban J connectivity index is 2.04. The minimum atomic E-state index is 0.140. The van der Waals surface area contributed by atoms with Crippen molar-refractivity contribution in [2.24, 2.45) is 5.92 Å². The number of benzene rings is 1. The molecule has 1 saturated heterocycles. The number of amides is 1. The van der Waals surface area contributed by atoms with Crippen molar-refractivity contribution in [2.75, 3.05) is 25.0 Å². The summed E-state index contributed by atoms with van der Waals surface area (Å²) in [7, 11) is 1.69. The van der Waals surface area contributed by atoms with Crippen molar-refractivity contribution in [3.63, 3.8) is 0 Å². The predicted molar refractivity (Wildman–Crippen MR) is 74.9 cm³/mol. The molecule has 1 heterocycles. The van der Waals surface area contributed by atoms with Gasteiger partial charge in [-0.3, -0.25) is 4.79 Å². The molecule has 0 spiro atoms. The minimum Gasteiger partial charge on any atom is -0.371 e. The smallest absolute Gasteiger partial charge is 0.222 e. The molecule has 19 heavy (non-hydrogen) atoms. The van der Waals surface area contributed by atoms with E-state index in [4.69, 9.17) is 5.26 Å². The van der Waals surface area contributed by atoms with Crippen LogP contribution in [0.25, 0.3) is 0 Å². The molecule has 0 aromatic heterocycles. The van der Waals surface area contributed by atoms with Gasteiger partial charge in [0.15, 0.2) is 0 Å². The molecule has 100 valence electrons. The van der Waals surface area contributed by atoms with Crippen molar-refractivity contribution in [2.45, 2.75) is 19.8 Å². The van der Waals surface area contributed by atoms with Crippen molar-refractivity contribution in [3.8, 4) is 6.07 Å². The second-order valence-electron chi connectivity index (χ2n) is 4.99. The Morgan fingerprint density at radius 1 is 1.42 bits per heavy atom. The molecular formula is C15H19N3O. The molecule has 4 heteroatoms. The summed E-state index contributed by atoms with van der Waals surface area (Å²) in [5, 5.41) is 11.7. The zero-order chi connectivity index (χ0) is 13.8. The maximum absolute atomic E-state index is 11.6. The van der Waals surface area contributed by atoms with Crippen LogP contribution in [-0.2, 0) is 4.79 Å². The van der Waals surface area contributed by atoms with Crippen LogP contribution in [0, 0.1) is 24.2 Å². The van der Waals surface area contributed by atoms with Crippen molar-refractivity contribution in [1.29, 1.82) is 5.26 Å². The Kier molecular flexibility index (Phi) is 4.06. The van der Waals surface area contributed by atoms with E-state index in [2.05, 4.69) is 22.4 Å². The van der Waals surface area contributed by atoms with Crippen LogP contribution in [0.2, 0.25) is 0 Å². The number of anilines is 1. The lowest BCUT2D eigenvalue weighted by atomic mass is 9.95. The third-order valence-corrected chi connectivity index (χ3v) is 3.81. The molecular weight excluding hydrogens is 238 g/mol. The first-order valence-electron chi connectivity index (χ1n) is 6.63. The summed E-state index contributed by atoms with van der Waals surface area (Å²) in [6, 6.07) is 8.10. The van der Waals surface area contributed by atoms with Gasteiger partial charge in [0.05, 0.1) is 11.6 Å². The first-order valence-corrected chi connectivity index (χ1v) is 6.63. The number of piperidine rings is 1. The lowest BCUT2D eigenvalue weighted by Crippen LogP contribution is -2.39. The molecule has 2 rings (SSSR count). The molecule has 1 fully saturated rings. The summed E-state index contributed by atoms with van der Waals surface area (Å²) >= 11 is 0. The molecule has 1 aliphatic rings. The van der Waals surface area contributed by atoms with Gasteiger partial charge in [-0.1, -0.05) is 0 Å². The Morgan fingerprint density at radius 2 is 2.11 bits per heavy atom. The molecule has 1 aromatic carbocycles. The topological polar surface area (TPSA) is 56.1 Å². The Bertz CT molecular complexity index is 511. The fourth-order valence-corrected chi connectivity index (χ4v) is 2.57. The summed E-state index contributed by atoms with van der Waals surface area (Å²) in [6.07, 6.45) is 1.78. The monoisotopic (exact) mass is 257 g/mol. The third kappa shape index (κ3) is 2.87. The molecule has 1 amide bonds. The van der Waals surface area contributed by atoms with Crippen molar-refractivity contribution in [3.05, 3.63) is 29.3 Å². The molecule has 1 aromatic rings. The fourth-order valence-electron chi connectivity index (χ4n) is 2.57. The van der Waals surface area contributed by atoms with Crippen molar-refractivity contribution >= 4 is 11.6 Å². The first kappa shape index (κ1) is 13.4. The fraction of sp³-hybridized carbons (Fsp3) is 0.467. The number of nitrogens with one attached hydrogen (secondary N) is 1. The SMILES string of the molecule is CNC(=O)C1CCN(c2ccc(C#N)c(C)c2)CC1. The molecule has 4 nitrogen and oxygen atoms in total. The van der Waals surface area contributed by atoms with Crippen molar-refractivity contribution < 1.29 is 4.79 Å². The van der Waals surface area contributed by atoms with Gasteiger partial charge in [-0.05, 0) is 43.5 Å². The van der Waals surface area contributed by atoms with E-state index in [1.165, 1.54) is 0 Å². The summed E-state index contributed by atoms with van der Waals surface area (Å²) < 4.78 is 0. The van der Waals surface area contributed by atoms with Crippen LogP contribution in [0.3, 0.4) is 0 Å². The molecule has 0 bridgehead atoms. The first-order chi connectivity index (χ1) is 9.15. The number of rotatable bonds is 2.